The molecule has 31 heavy (non-hydrogen) atoms. The van der Waals surface area contributed by atoms with Crippen molar-refractivity contribution in [3.8, 4) is 0 Å². The lowest BCUT2D eigenvalue weighted by atomic mass is 10.1. The van der Waals surface area contributed by atoms with Crippen LogP contribution < -0.4 is 9.62 Å². The molecule has 7 nitrogen and oxygen atoms in total. The van der Waals surface area contributed by atoms with Crippen molar-refractivity contribution >= 4 is 50.7 Å². The van der Waals surface area contributed by atoms with Crippen molar-refractivity contribution in [1.82, 2.24) is 10.2 Å². The second-order valence-electron chi connectivity index (χ2n) is 6.81. The Morgan fingerprint density at radius 3 is 2.39 bits per heavy atom. The molecule has 0 aliphatic rings. The van der Waals surface area contributed by atoms with Crippen LogP contribution >= 0.6 is 23.2 Å². The second-order valence-corrected chi connectivity index (χ2v) is 9.56. The molecule has 0 fully saturated rings. The number of hydrogen-bond acceptors (Lipinski definition) is 4. The summed E-state index contributed by atoms with van der Waals surface area (Å²) in [5, 5.41) is 2.65. The zero-order valence-electron chi connectivity index (χ0n) is 17.1. The zero-order chi connectivity index (χ0) is 23.3. The van der Waals surface area contributed by atoms with Gasteiger partial charge in [-0.05, 0) is 42.8 Å². The fourth-order valence-corrected chi connectivity index (χ4v) is 4.11. The molecular formula is C20H22Cl2FN3O4S. The van der Waals surface area contributed by atoms with E-state index in [1.807, 2.05) is 0 Å². The normalized spacial score (nSPS) is 12.2. The predicted molar refractivity (Wildman–Crippen MR) is 119 cm³/mol. The summed E-state index contributed by atoms with van der Waals surface area (Å²) in [6.45, 7) is 0.944. The first-order valence-electron chi connectivity index (χ1n) is 9.12. The molecular weight excluding hydrogens is 468 g/mol. The first-order valence-corrected chi connectivity index (χ1v) is 11.7. The number of carbonyl (C=O) groups excluding carboxylic acids is 2. The van der Waals surface area contributed by atoms with Gasteiger partial charge in [-0.3, -0.25) is 13.9 Å². The standard InChI is InChI=1S/C20H22Cl2FN3O4S/c1-13(20(28)24-2)25(11-14-5-4-6-15(21)9-14)19(27)12-26(31(3,29)30)16-7-8-18(23)17(22)10-16/h4-10,13H,11-12H2,1-3H3,(H,24,28)/t13-/m1/s1. The van der Waals surface area contributed by atoms with Crippen molar-refractivity contribution in [3.63, 3.8) is 0 Å². The van der Waals surface area contributed by atoms with Gasteiger partial charge >= 0.3 is 0 Å². The number of halogens is 3. The van der Waals surface area contributed by atoms with E-state index in [9.17, 15) is 22.4 Å². The summed E-state index contributed by atoms with van der Waals surface area (Å²) in [5.74, 6) is -1.78. The van der Waals surface area contributed by atoms with Crippen LogP contribution in [0.15, 0.2) is 42.5 Å². The van der Waals surface area contributed by atoms with E-state index in [1.54, 1.807) is 24.3 Å². The number of nitrogens with one attached hydrogen (secondary N) is 1. The fourth-order valence-electron chi connectivity index (χ4n) is 2.88. The molecule has 0 saturated heterocycles. The van der Waals surface area contributed by atoms with Crippen LogP contribution in [0.25, 0.3) is 0 Å². The first-order chi connectivity index (χ1) is 14.4. The van der Waals surface area contributed by atoms with Crippen LogP contribution in [0.3, 0.4) is 0 Å². The summed E-state index contributed by atoms with van der Waals surface area (Å²) in [6, 6.07) is 9.20. The third kappa shape index (κ3) is 6.56. The smallest absolute Gasteiger partial charge is 0.244 e. The van der Waals surface area contributed by atoms with Crippen LogP contribution in [-0.2, 0) is 26.2 Å². The summed E-state index contributed by atoms with van der Waals surface area (Å²) in [4.78, 5) is 26.6. The van der Waals surface area contributed by atoms with Crippen LogP contribution in [0.2, 0.25) is 10.0 Å². The molecule has 0 spiro atoms. The van der Waals surface area contributed by atoms with Crippen molar-refractivity contribution in [2.75, 3.05) is 24.2 Å². The van der Waals surface area contributed by atoms with Gasteiger partial charge in [0.05, 0.1) is 17.0 Å². The molecule has 1 N–H and O–H groups in total. The molecule has 2 rings (SSSR count). The van der Waals surface area contributed by atoms with E-state index in [1.165, 1.54) is 24.9 Å². The third-order valence-electron chi connectivity index (χ3n) is 4.53. The van der Waals surface area contributed by atoms with Crippen LogP contribution in [0.1, 0.15) is 12.5 Å². The van der Waals surface area contributed by atoms with Gasteiger partial charge in [-0.2, -0.15) is 0 Å². The topological polar surface area (TPSA) is 86.8 Å². The molecule has 0 bridgehead atoms. The Labute approximate surface area is 190 Å². The van der Waals surface area contributed by atoms with Gasteiger partial charge in [0.1, 0.15) is 18.4 Å². The third-order valence-corrected chi connectivity index (χ3v) is 6.19. The minimum atomic E-state index is -3.92. The molecule has 0 aromatic heterocycles. The molecule has 0 radical (unpaired) electrons. The Morgan fingerprint density at radius 1 is 1.16 bits per heavy atom. The van der Waals surface area contributed by atoms with E-state index in [0.717, 1.165) is 22.7 Å². The molecule has 0 saturated carbocycles. The highest BCUT2D eigenvalue weighted by molar-refractivity contribution is 7.92. The molecule has 0 aliphatic carbocycles. The van der Waals surface area contributed by atoms with Gasteiger partial charge in [-0.15, -0.1) is 0 Å². The Morgan fingerprint density at radius 2 is 1.84 bits per heavy atom. The summed E-state index contributed by atoms with van der Waals surface area (Å²) in [7, 11) is -2.49. The van der Waals surface area contributed by atoms with Crippen LogP contribution in [0.4, 0.5) is 10.1 Å². The van der Waals surface area contributed by atoms with Crippen molar-refractivity contribution in [2.24, 2.45) is 0 Å². The number of rotatable bonds is 8. The van der Waals surface area contributed by atoms with E-state index < -0.39 is 40.2 Å². The highest BCUT2D eigenvalue weighted by atomic mass is 35.5. The molecule has 1 atom stereocenters. The maximum absolute atomic E-state index is 13.5. The van der Waals surface area contributed by atoms with Gasteiger partial charge in [0, 0.05) is 18.6 Å². The molecule has 11 heteroatoms. The van der Waals surface area contributed by atoms with Gasteiger partial charge < -0.3 is 10.2 Å². The number of benzene rings is 2. The molecule has 2 aromatic rings. The van der Waals surface area contributed by atoms with Gasteiger partial charge in [0.15, 0.2) is 0 Å². The van der Waals surface area contributed by atoms with E-state index >= 15 is 0 Å². The largest absolute Gasteiger partial charge is 0.357 e. The maximum atomic E-state index is 13.5. The summed E-state index contributed by atoms with van der Waals surface area (Å²) >= 11 is 11.8. The quantitative estimate of drug-likeness (QED) is 0.617. The predicted octanol–water partition coefficient (Wildman–Crippen LogP) is 3.06. The monoisotopic (exact) mass is 489 g/mol. The number of amides is 2. The van der Waals surface area contributed by atoms with E-state index in [-0.39, 0.29) is 17.3 Å². The van der Waals surface area contributed by atoms with Gasteiger partial charge in [0.2, 0.25) is 21.8 Å². The Balaban J connectivity index is 2.40. The molecule has 2 amide bonds. The van der Waals surface area contributed by atoms with E-state index in [4.69, 9.17) is 23.2 Å². The Hall–Kier alpha value is -2.36. The van der Waals surface area contributed by atoms with Crippen molar-refractivity contribution in [1.29, 1.82) is 0 Å². The van der Waals surface area contributed by atoms with Crippen LogP contribution in [-0.4, -0.2) is 51.0 Å². The highest BCUT2D eigenvalue weighted by Crippen LogP contribution is 2.25. The first kappa shape index (κ1) is 24.9. The minimum absolute atomic E-state index is 0.0236. The number of hydrogen-bond donors (Lipinski definition) is 1. The highest BCUT2D eigenvalue weighted by Gasteiger charge is 2.30. The van der Waals surface area contributed by atoms with Gasteiger partial charge in [0.25, 0.3) is 0 Å². The molecule has 0 aliphatic heterocycles. The van der Waals surface area contributed by atoms with Crippen molar-refractivity contribution in [3.05, 3.63) is 63.9 Å². The molecule has 0 unspecified atom stereocenters. The van der Waals surface area contributed by atoms with Crippen LogP contribution in [0, 0.1) is 5.82 Å². The number of likely N-dealkylation sites (N-methyl/N-ethyl adjacent to an activating group) is 1. The minimum Gasteiger partial charge on any atom is -0.357 e. The average molecular weight is 490 g/mol. The molecule has 0 heterocycles. The van der Waals surface area contributed by atoms with Gasteiger partial charge in [-0.1, -0.05) is 35.3 Å². The van der Waals surface area contributed by atoms with Crippen molar-refractivity contribution < 1.29 is 22.4 Å². The lowest BCUT2D eigenvalue weighted by Gasteiger charge is -2.31. The Bertz CT molecular complexity index is 1080. The summed E-state index contributed by atoms with van der Waals surface area (Å²) in [6.07, 6.45) is 0.918. The fraction of sp³-hybridized carbons (Fsp3) is 0.300. The number of anilines is 1. The zero-order valence-corrected chi connectivity index (χ0v) is 19.4. The second kappa shape index (κ2) is 10.3. The number of carbonyl (C=O) groups is 2. The van der Waals surface area contributed by atoms with Crippen molar-refractivity contribution in [2.45, 2.75) is 19.5 Å². The lowest BCUT2D eigenvalue weighted by Crippen LogP contribution is -2.50. The average Bonchev–Trinajstić information content (AvgIpc) is 2.70. The lowest BCUT2D eigenvalue weighted by molar-refractivity contribution is -0.139. The Kier molecular flexibility index (Phi) is 8.27. The molecule has 2 aromatic carbocycles. The SMILES string of the molecule is CNC(=O)[C@@H](C)N(Cc1cccc(Cl)c1)C(=O)CN(c1ccc(F)c(Cl)c1)S(C)(=O)=O. The summed E-state index contributed by atoms with van der Waals surface area (Å²) in [5.41, 5.74) is 0.685. The summed E-state index contributed by atoms with van der Waals surface area (Å²) < 4.78 is 39.1. The van der Waals surface area contributed by atoms with Gasteiger partial charge in [-0.25, -0.2) is 12.8 Å². The number of sulfonamides is 1. The van der Waals surface area contributed by atoms with E-state index in [0.29, 0.717) is 10.6 Å². The van der Waals surface area contributed by atoms with Crippen LogP contribution in [0.5, 0.6) is 0 Å². The number of nitrogens with zero attached hydrogens (tertiary/aromatic N) is 2. The molecule has 168 valence electrons. The maximum Gasteiger partial charge on any atom is 0.244 e. The van der Waals surface area contributed by atoms with E-state index in [2.05, 4.69) is 5.32 Å².